The quantitative estimate of drug-likeness (QED) is 0.865. The lowest BCUT2D eigenvalue weighted by Crippen LogP contribution is -2.37. The van der Waals surface area contributed by atoms with Gasteiger partial charge in [-0.3, -0.25) is 0 Å². The molecule has 0 bridgehead atoms. The highest BCUT2D eigenvalue weighted by molar-refractivity contribution is 5.40. The fraction of sp³-hybridized carbons (Fsp3) is 0.600. The Kier molecular flexibility index (Phi) is 4.25. The number of rotatable bonds is 5. The fourth-order valence-corrected chi connectivity index (χ4v) is 2.82. The van der Waals surface area contributed by atoms with E-state index in [1.807, 2.05) is 0 Å². The van der Waals surface area contributed by atoms with Crippen LogP contribution in [0.2, 0.25) is 0 Å². The zero-order valence-electron chi connectivity index (χ0n) is 11.9. The minimum atomic E-state index is 0.477. The van der Waals surface area contributed by atoms with Crippen molar-refractivity contribution in [2.45, 2.75) is 31.8 Å². The minimum absolute atomic E-state index is 0.477. The molecular weight excluding hydrogens is 224 g/mol. The van der Waals surface area contributed by atoms with Gasteiger partial charge in [0.05, 0.1) is 7.11 Å². The van der Waals surface area contributed by atoms with Crippen molar-refractivity contribution in [3.8, 4) is 5.75 Å². The largest absolute Gasteiger partial charge is 0.497 e. The molecule has 0 aliphatic heterocycles. The van der Waals surface area contributed by atoms with Gasteiger partial charge in [0.2, 0.25) is 0 Å². The van der Waals surface area contributed by atoms with E-state index in [2.05, 4.69) is 49.4 Å². The molecule has 0 amide bonds. The van der Waals surface area contributed by atoms with Crippen LogP contribution in [-0.4, -0.2) is 38.7 Å². The summed E-state index contributed by atoms with van der Waals surface area (Å²) in [5.74, 6) is 0.961. The Hall–Kier alpha value is -1.06. The summed E-state index contributed by atoms with van der Waals surface area (Å²) in [6.07, 6.45) is 2.37. The van der Waals surface area contributed by atoms with E-state index in [4.69, 9.17) is 4.74 Å². The number of ether oxygens (including phenoxy) is 1. The van der Waals surface area contributed by atoms with Gasteiger partial charge in [0.15, 0.2) is 0 Å². The maximum Gasteiger partial charge on any atom is 0.119 e. The predicted molar refractivity (Wildman–Crippen MR) is 75.2 cm³/mol. The number of nitrogens with zero attached hydrogens (tertiary/aromatic N) is 1. The number of benzene rings is 1. The molecule has 1 aromatic carbocycles. The number of hydrogen-bond acceptors (Lipinski definition) is 3. The second-order valence-electron chi connectivity index (χ2n) is 5.49. The number of methoxy groups -OCH3 is 1. The molecule has 1 aliphatic rings. The average molecular weight is 248 g/mol. The van der Waals surface area contributed by atoms with Crippen molar-refractivity contribution < 1.29 is 4.74 Å². The lowest BCUT2D eigenvalue weighted by atomic mass is 10.1. The van der Waals surface area contributed by atoms with Crippen LogP contribution in [0.1, 0.15) is 30.5 Å². The second kappa shape index (κ2) is 5.72. The van der Waals surface area contributed by atoms with Gasteiger partial charge in [-0.2, -0.15) is 0 Å². The Balaban J connectivity index is 2.06. The van der Waals surface area contributed by atoms with E-state index in [9.17, 15) is 0 Å². The van der Waals surface area contributed by atoms with Crippen LogP contribution in [0.4, 0.5) is 0 Å². The van der Waals surface area contributed by atoms with Crippen molar-refractivity contribution in [2.75, 3.05) is 27.7 Å². The third-order valence-electron chi connectivity index (χ3n) is 3.56. The highest BCUT2D eigenvalue weighted by Gasteiger charge is 2.24. The first-order valence-electron chi connectivity index (χ1n) is 6.67. The Morgan fingerprint density at radius 2 is 2.22 bits per heavy atom. The molecule has 0 saturated carbocycles. The first-order valence-corrected chi connectivity index (χ1v) is 6.67. The van der Waals surface area contributed by atoms with E-state index in [0.29, 0.717) is 12.1 Å². The normalized spacial score (nSPS) is 19.9. The molecule has 0 radical (unpaired) electrons. The first-order chi connectivity index (χ1) is 8.60. The molecule has 0 saturated heterocycles. The molecule has 0 heterocycles. The summed E-state index contributed by atoms with van der Waals surface area (Å²) < 4.78 is 5.32. The Bertz CT molecular complexity index is 403. The second-order valence-corrected chi connectivity index (χ2v) is 5.49. The van der Waals surface area contributed by atoms with Crippen molar-refractivity contribution in [2.24, 2.45) is 0 Å². The highest BCUT2D eigenvalue weighted by Crippen LogP contribution is 2.33. The Morgan fingerprint density at radius 1 is 1.44 bits per heavy atom. The van der Waals surface area contributed by atoms with Gasteiger partial charge in [-0.1, -0.05) is 6.07 Å². The van der Waals surface area contributed by atoms with E-state index in [-0.39, 0.29) is 0 Å². The van der Waals surface area contributed by atoms with Crippen LogP contribution >= 0.6 is 0 Å². The summed E-state index contributed by atoms with van der Waals surface area (Å²) in [4.78, 5) is 2.22. The Labute approximate surface area is 110 Å². The highest BCUT2D eigenvalue weighted by atomic mass is 16.5. The van der Waals surface area contributed by atoms with E-state index in [1.165, 1.54) is 24.0 Å². The van der Waals surface area contributed by atoms with Crippen LogP contribution in [0.15, 0.2) is 18.2 Å². The zero-order chi connectivity index (χ0) is 13.1. The Morgan fingerprint density at radius 3 is 2.89 bits per heavy atom. The fourth-order valence-electron chi connectivity index (χ4n) is 2.82. The van der Waals surface area contributed by atoms with Gasteiger partial charge >= 0.3 is 0 Å². The number of aryl methyl sites for hydroxylation is 1. The predicted octanol–water partition coefficient (Wildman–Crippen LogP) is 2.22. The molecular formula is C15H24N2O. The van der Waals surface area contributed by atoms with Crippen molar-refractivity contribution >= 4 is 0 Å². The summed E-state index contributed by atoms with van der Waals surface area (Å²) in [6.45, 7) is 3.31. The van der Waals surface area contributed by atoms with Crippen molar-refractivity contribution in [1.82, 2.24) is 10.2 Å². The van der Waals surface area contributed by atoms with Crippen molar-refractivity contribution in [3.63, 3.8) is 0 Å². The molecule has 1 aromatic rings. The van der Waals surface area contributed by atoms with E-state index in [0.717, 1.165) is 12.3 Å². The molecule has 3 nitrogen and oxygen atoms in total. The van der Waals surface area contributed by atoms with Gasteiger partial charge in [0, 0.05) is 18.6 Å². The van der Waals surface area contributed by atoms with Crippen LogP contribution in [-0.2, 0) is 6.42 Å². The number of nitrogens with one attached hydrogen (secondary N) is 1. The van der Waals surface area contributed by atoms with Crippen molar-refractivity contribution in [3.05, 3.63) is 29.3 Å². The van der Waals surface area contributed by atoms with Gasteiger partial charge in [-0.15, -0.1) is 0 Å². The van der Waals surface area contributed by atoms with Crippen LogP contribution in [0.5, 0.6) is 5.75 Å². The molecule has 0 aromatic heterocycles. The van der Waals surface area contributed by atoms with Crippen LogP contribution in [0.25, 0.3) is 0 Å². The van der Waals surface area contributed by atoms with Crippen LogP contribution in [0, 0.1) is 0 Å². The van der Waals surface area contributed by atoms with Crippen LogP contribution in [0.3, 0.4) is 0 Å². The van der Waals surface area contributed by atoms with E-state index in [1.54, 1.807) is 7.11 Å². The molecule has 0 spiro atoms. The molecule has 1 aliphatic carbocycles. The zero-order valence-corrected chi connectivity index (χ0v) is 11.9. The first kappa shape index (κ1) is 13.4. The van der Waals surface area contributed by atoms with Gasteiger partial charge in [-0.25, -0.2) is 0 Å². The molecule has 2 unspecified atom stereocenters. The van der Waals surface area contributed by atoms with E-state index < -0.39 is 0 Å². The van der Waals surface area contributed by atoms with Crippen molar-refractivity contribution in [1.29, 1.82) is 0 Å². The molecule has 2 atom stereocenters. The van der Waals surface area contributed by atoms with Gasteiger partial charge in [0.25, 0.3) is 0 Å². The standard InChI is InChI=1S/C15H24N2O/c1-11(10-17(2)3)16-15-8-6-12-5-7-13(18-4)9-14(12)15/h5,7,9,11,15-16H,6,8,10H2,1-4H3. The molecule has 0 fully saturated rings. The van der Waals surface area contributed by atoms with Gasteiger partial charge < -0.3 is 15.0 Å². The lowest BCUT2D eigenvalue weighted by molar-refractivity contribution is 0.328. The molecule has 3 heteroatoms. The lowest BCUT2D eigenvalue weighted by Gasteiger charge is -2.23. The SMILES string of the molecule is COc1ccc2c(c1)C(NC(C)CN(C)C)CC2. The van der Waals surface area contributed by atoms with E-state index >= 15 is 0 Å². The maximum atomic E-state index is 5.32. The van der Waals surface area contributed by atoms with Crippen LogP contribution < -0.4 is 10.1 Å². The third kappa shape index (κ3) is 3.03. The number of fused-ring (bicyclic) bond motifs is 1. The third-order valence-corrected chi connectivity index (χ3v) is 3.56. The summed E-state index contributed by atoms with van der Waals surface area (Å²) in [7, 11) is 5.96. The summed E-state index contributed by atoms with van der Waals surface area (Å²) in [5.41, 5.74) is 2.88. The number of hydrogen-bond donors (Lipinski definition) is 1. The summed E-state index contributed by atoms with van der Waals surface area (Å²) in [6, 6.07) is 7.42. The molecule has 1 N–H and O–H groups in total. The average Bonchev–Trinajstić information content (AvgIpc) is 2.70. The maximum absolute atomic E-state index is 5.32. The summed E-state index contributed by atoms with van der Waals surface area (Å²) >= 11 is 0. The summed E-state index contributed by atoms with van der Waals surface area (Å²) in [5, 5.41) is 3.72. The molecule has 2 rings (SSSR count). The number of likely N-dealkylation sites (N-methyl/N-ethyl adjacent to an activating group) is 1. The minimum Gasteiger partial charge on any atom is -0.497 e. The van der Waals surface area contributed by atoms with Gasteiger partial charge in [-0.05, 0) is 57.1 Å². The van der Waals surface area contributed by atoms with Gasteiger partial charge in [0.1, 0.15) is 5.75 Å². The molecule has 100 valence electrons. The monoisotopic (exact) mass is 248 g/mol. The molecule has 18 heavy (non-hydrogen) atoms. The smallest absolute Gasteiger partial charge is 0.119 e. The topological polar surface area (TPSA) is 24.5 Å².